The van der Waals surface area contributed by atoms with Gasteiger partial charge in [0.15, 0.2) is 0 Å². The van der Waals surface area contributed by atoms with E-state index < -0.39 is 11.7 Å². The van der Waals surface area contributed by atoms with Crippen LogP contribution < -0.4 is 10.0 Å². The smallest absolute Gasteiger partial charge is 0.324 e. The summed E-state index contributed by atoms with van der Waals surface area (Å²) in [4.78, 5) is 5.38. The van der Waals surface area contributed by atoms with Crippen LogP contribution in [0, 0.1) is 0 Å². The van der Waals surface area contributed by atoms with Crippen LogP contribution >= 0.6 is 11.9 Å². The highest BCUT2D eigenvalue weighted by Crippen LogP contribution is 2.32. The van der Waals surface area contributed by atoms with Gasteiger partial charge in [0.1, 0.15) is 0 Å². The van der Waals surface area contributed by atoms with Crippen LogP contribution in [0.4, 0.5) is 18.9 Å². The van der Waals surface area contributed by atoms with Crippen molar-refractivity contribution >= 4 is 28.5 Å². The van der Waals surface area contributed by atoms with Crippen LogP contribution in [0.15, 0.2) is 59.5 Å². The van der Waals surface area contributed by atoms with Gasteiger partial charge in [0.2, 0.25) is 0 Å². The molecule has 7 heteroatoms. The fourth-order valence-electron chi connectivity index (χ4n) is 2.45. The topological polar surface area (TPSA) is 37.0 Å². The molecule has 0 unspecified atom stereocenters. The first-order valence-electron chi connectivity index (χ1n) is 8.17. The molecular formula is C19H18F3N3S. The van der Waals surface area contributed by atoms with Gasteiger partial charge in [-0.05, 0) is 54.9 Å². The van der Waals surface area contributed by atoms with Crippen molar-refractivity contribution in [1.82, 2.24) is 10.3 Å². The largest absolute Gasteiger partial charge is 0.416 e. The van der Waals surface area contributed by atoms with E-state index in [9.17, 15) is 13.2 Å². The molecule has 26 heavy (non-hydrogen) atoms. The molecule has 3 rings (SSSR count). The zero-order valence-corrected chi connectivity index (χ0v) is 14.9. The fourth-order valence-corrected chi connectivity index (χ4v) is 3.11. The first-order valence-corrected chi connectivity index (χ1v) is 8.98. The Hall–Kier alpha value is -2.25. The predicted octanol–water partition coefficient (Wildman–Crippen LogP) is 5.48. The van der Waals surface area contributed by atoms with Crippen molar-refractivity contribution in [3.05, 3.63) is 65.9 Å². The van der Waals surface area contributed by atoms with Gasteiger partial charge in [-0.25, -0.2) is 4.98 Å². The molecule has 1 aromatic heterocycles. The number of benzene rings is 2. The Morgan fingerprint density at radius 2 is 1.77 bits per heavy atom. The highest BCUT2D eigenvalue weighted by molar-refractivity contribution is 8.00. The molecule has 0 radical (unpaired) electrons. The normalized spacial score (nSPS) is 11.7. The molecule has 136 valence electrons. The number of nitrogens with zero attached hydrogens (tertiary/aromatic N) is 1. The number of rotatable bonds is 6. The Kier molecular flexibility index (Phi) is 5.68. The molecule has 0 saturated carbocycles. The molecule has 1 heterocycles. The van der Waals surface area contributed by atoms with Gasteiger partial charge in [-0.2, -0.15) is 13.2 Å². The van der Waals surface area contributed by atoms with Crippen LogP contribution in [0.25, 0.3) is 10.9 Å². The maximum Gasteiger partial charge on any atom is 0.416 e. The molecule has 2 aromatic carbocycles. The van der Waals surface area contributed by atoms with Gasteiger partial charge < -0.3 is 10.0 Å². The SMILES string of the molecule is CCNCc1ccc2cccc(NSc3ccc(C(F)(F)F)cc3)c2n1. The molecule has 0 amide bonds. The standard InChI is InChI=1S/C19H18F3N3S/c1-2-23-12-15-9-6-13-4-3-5-17(18(13)24-15)25-26-16-10-7-14(8-11-16)19(20,21)22/h3-11,23,25H,2,12H2,1H3. The van der Waals surface area contributed by atoms with E-state index in [1.165, 1.54) is 24.1 Å². The Bertz CT molecular complexity index is 879. The van der Waals surface area contributed by atoms with E-state index in [2.05, 4.69) is 15.0 Å². The number of pyridine rings is 1. The minimum atomic E-state index is -4.32. The lowest BCUT2D eigenvalue weighted by Gasteiger charge is -2.11. The van der Waals surface area contributed by atoms with Gasteiger partial charge >= 0.3 is 6.18 Å². The number of alkyl halides is 3. The Morgan fingerprint density at radius 1 is 1.00 bits per heavy atom. The van der Waals surface area contributed by atoms with Crippen molar-refractivity contribution < 1.29 is 13.2 Å². The summed E-state index contributed by atoms with van der Waals surface area (Å²) in [5, 5.41) is 4.25. The summed E-state index contributed by atoms with van der Waals surface area (Å²) >= 11 is 1.26. The number of halogens is 3. The third-order valence-corrected chi connectivity index (χ3v) is 4.62. The third kappa shape index (κ3) is 4.47. The van der Waals surface area contributed by atoms with E-state index in [4.69, 9.17) is 0 Å². The molecule has 0 aliphatic heterocycles. The molecule has 0 atom stereocenters. The van der Waals surface area contributed by atoms with Gasteiger partial charge in [0, 0.05) is 16.8 Å². The summed E-state index contributed by atoms with van der Waals surface area (Å²) in [6, 6.07) is 14.9. The summed E-state index contributed by atoms with van der Waals surface area (Å²) < 4.78 is 41.1. The molecule has 3 aromatic rings. The van der Waals surface area contributed by atoms with E-state index in [1.807, 2.05) is 37.3 Å². The number of para-hydroxylation sites is 1. The Morgan fingerprint density at radius 3 is 2.46 bits per heavy atom. The number of nitrogens with one attached hydrogen (secondary N) is 2. The van der Waals surface area contributed by atoms with Gasteiger partial charge in [-0.3, -0.25) is 0 Å². The first kappa shape index (κ1) is 18.5. The van der Waals surface area contributed by atoms with E-state index in [0.29, 0.717) is 11.4 Å². The van der Waals surface area contributed by atoms with Crippen molar-refractivity contribution in [2.24, 2.45) is 0 Å². The monoisotopic (exact) mass is 377 g/mol. The molecular weight excluding hydrogens is 359 g/mol. The maximum atomic E-state index is 12.6. The van der Waals surface area contributed by atoms with E-state index in [0.717, 1.165) is 41.0 Å². The first-order chi connectivity index (χ1) is 12.5. The highest BCUT2D eigenvalue weighted by atomic mass is 32.2. The minimum absolute atomic E-state index is 0.651. The summed E-state index contributed by atoms with van der Waals surface area (Å²) in [7, 11) is 0. The Balaban J connectivity index is 1.77. The van der Waals surface area contributed by atoms with Crippen molar-refractivity contribution in [3.8, 4) is 0 Å². The number of hydrogen-bond acceptors (Lipinski definition) is 4. The summed E-state index contributed by atoms with van der Waals surface area (Å²) in [5.41, 5.74) is 1.95. The number of aromatic nitrogens is 1. The zero-order valence-electron chi connectivity index (χ0n) is 14.1. The lowest BCUT2D eigenvalue weighted by atomic mass is 10.2. The fraction of sp³-hybridized carbons (Fsp3) is 0.211. The molecule has 0 fully saturated rings. The third-order valence-electron chi connectivity index (χ3n) is 3.79. The molecule has 0 aliphatic carbocycles. The summed E-state index contributed by atoms with van der Waals surface area (Å²) in [6.07, 6.45) is -4.32. The number of fused-ring (bicyclic) bond motifs is 1. The van der Waals surface area contributed by atoms with Crippen molar-refractivity contribution in [1.29, 1.82) is 0 Å². The van der Waals surface area contributed by atoms with Crippen LogP contribution in [0.1, 0.15) is 18.2 Å². The zero-order chi connectivity index (χ0) is 18.6. The molecule has 2 N–H and O–H groups in total. The molecule has 3 nitrogen and oxygen atoms in total. The molecule has 0 aliphatic rings. The van der Waals surface area contributed by atoms with Gasteiger partial charge in [-0.15, -0.1) is 0 Å². The second-order valence-corrected chi connectivity index (χ2v) is 6.57. The van der Waals surface area contributed by atoms with Gasteiger partial charge in [-0.1, -0.05) is 25.1 Å². The van der Waals surface area contributed by atoms with E-state index in [1.54, 1.807) is 0 Å². The van der Waals surface area contributed by atoms with Gasteiger partial charge in [0.25, 0.3) is 0 Å². The quantitative estimate of drug-likeness (QED) is 0.558. The number of anilines is 1. The lowest BCUT2D eigenvalue weighted by molar-refractivity contribution is -0.137. The molecule has 0 spiro atoms. The molecule has 0 saturated heterocycles. The van der Waals surface area contributed by atoms with Crippen LogP contribution in [0.2, 0.25) is 0 Å². The van der Waals surface area contributed by atoms with E-state index in [-0.39, 0.29) is 0 Å². The number of hydrogen-bond donors (Lipinski definition) is 2. The second kappa shape index (κ2) is 7.97. The van der Waals surface area contributed by atoms with E-state index >= 15 is 0 Å². The van der Waals surface area contributed by atoms with Crippen molar-refractivity contribution in [2.75, 3.05) is 11.3 Å². The summed E-state index contributed by atoms with van der Waals surface area (Å²) in [6.45, 7) is 3.59. The lowest BCUT2D eigenvalue weighted by Crippen LogP contribution is -2.12. The minimum Gasteiger partial charge on any atom is -0.324 e. The highest BCUT2D eigenvalue weighted by Gasteiger charge is 2.29. The second-order valence-electron chi connectivity index (χ2n) is 5.69. The molecule has 0 bridgehead atoms. The average molecular weight is 377 g/mol. The van der Waals surface area contributed by atoms with Crippen LogP contribution in [0.5, 0.6) is 0 Å². The van der Waals surface area contributed by atoms with Crippen LogP contribution in [-0.4, -0.2) is 11.5 Å². The van der Waals surface area contributed by atoms with Crippen molar-refractivity contribution in [3.63, 3.8) is 0 Å². The van der Waals surface area contributed by atoms with Crippen LogP contribution in [-0.2, 0) is 12.7 Å². The van der Waals surface area contributed by atoms with Crippen LogP contribution in [0.3, 0.4) is 0 Å². The Labute approximate surface area is 154 Å². The van der Waals surface area contributed by atoms with Gasteiger partial charge in [0.05, 0.1) is 22.5 Å². The average Bonchev–Trinajstić information content (AvgIpc) is 2.64. The van der Waals surface area contributed by atoms with Crippen molar-refractivity contribution in [2.45, 2.75) is 24.5 Å². The summed E-state index contributed by atoms with van der Waals surface area (Å²) in [5.74, 6) is 0. The predicted molar refractivity (Wildman–Crippen MR) is 100 cm³/mol. The maximum absolute atomic E-state index is 12.6.